The number of aryl methyl sites for hydroxylation is 1. The van der Waals surface area contributed by atoms with Gasteiger partial charge >= 0.3 is 12.1 Å². The zero-order valence-corrected chi connectivity index (χ0v) is 25.3. The lowest BCUT2D eigenvalue weighted by Gasteiger charge is -2.28. The largest absolute Gasteiger partial charge is 0.481 e. The molecular formula is C29H30ClF3N4O7. The highest BCUT2D eigenvalue weighted by Gasteiger charge is 2.26. The summed E-state index contributed by atoms with van der Waals surface area (Å²) in [5.41, 5.74) is -1.51. The number of benzene rings is 2. The Morgan fingerprint density at radius 3 is 2.34 bits per heavy atom. The molecule has 3 rings (SSSR count). The summed E-state index contributed by atoms with van der Waals surface area (Å²) in [7, 11) is 2.42. The van der Waals surface area contributed by atoms with Crippen LogP contribution in [0.4, 0.5) is 35.0 Å². The average Bonchev–Trinajstić information content (AvgIpc) is 2.96. The van der Waals surface area contributed by atoms with Gasteiger partial charge in [-0.05, 0) is 51.8 Å². The van der Waals surface area contributed by atoms with Gasteiger partial charge in [-0.3, -0.25) is 10.1 Å². The fourth-order valence-electron chi connectivity index (χ4n) is 4.07. The fraction of sp³-hybridized carbons (Fsp3) is 0.345. The molecule has 1 aromatic heterocycles. The third-order valence-electron chi connectivity index (χ3n) is 6.10. The van der Waals surface area contributed by atoms with Crippen molar-refractivity contribution < 1.29 is 41.9 Å². The number of carbonyl (C=O) groups is 2. The van der Waals surface area contributed by atoms with Crippen LogP contribution >= 0.6 is 11.6 Å². The van der Waals surface area contributed by atoms with Crippen LogP contribution in [0.3, 0.4) is 0 Å². The number of halogens is 4. The predicted molar refractivity (Wildman–Crippen MR) is 155 cm³/mol. The molecule has 15 heteroatoms. The van der Waals surface area contributed by atoms with Crippen LogP contribution in [-0.4, -0.2) is 53.2 Å². The molecule has 236 valence electrons. The summed E-state index contributed by atoms with van der Waals surface area (Å²) < 4.78 is 58.1. The van der Waals surface area contributed by atoms with Gasteiger partial charge in [-0.25, -0.2) is 27.7 Å². The van der Waals surface area contributed by atoms with E-state index in [0.29, 0.717) is 6.07 Å². The summed E-state index contributed by atoms with van der Waals surface area (Å²) in [6.07, 6.45) is -0.586. The van der Waals surface area contributed by atoms with Crippen LogP contribution in [0.15, 0.2) is 36.4 Å². The van der Waals surface area contributed by atoms with Crippen LogP contribution in [0.1, 0.15) is 48.8 Å². The van der Waals surface area contributed by atoms with Crippen LogP contribution in [0.25, 0.3) is 0 Å². The molecule has 0 bridgehead atoms. The molecule has 1 heterocycles. The summed E-state index contributed by atoms with van der Waals surface area (Å²) >= 11 is 6.33. The molecule has 0 aliphatic rings. The minimum atomic E-state index is -1.30. The number of nitrogens with zero attached hydrogens (tertiary/aromatic N) is 3. The normalized spacial score (nSPS) is 11.1. The SMILES string of the molecule is COC(=O)c1cc(F)c(F)cc1Nc1ccc(F)c(Cl)c1CN(CCCc1nc(OC)ccc1[N+](=O)[O-])C(=O)OC(C)(C)C. The van der Waals surface area contributed by atoms with Crippen LogP contribution in [0, 0.1) is 27.6 Å². The molecule has 0 radical (unpaired) electrons. The highest BCUT2D eigenvalue weighted by atomic mass is 35.5. The summed E-state index contributed by atoms with van der Waals surface area (Å²) in [5.74, 6) is -4.22. The van der Waals surface area contributed by atoms with E-state index in [1.807, 2.05) is 0 Å². The molecule has 0 unspecified atom stereocenters. The number of methoxy groups -OCH3 is 2. The predicted octanol–water partition coefficient (Wildman–Crippen LogP) is 6.97. The van der Waals surface area contributed by atoms with Gasteiger partial charge in [-0.15, -0.1) is 0 Å². The summed E-state index contributed by atoms with van der Waals surface area (Å²) in [6, 6.07) is 6.24. The van der Waals surface area contributed by atoms with Gasteiger partial charge in [-0.1, -0.05) is 11.6 Å². The molecule has 0 fully saturated rings. The van der Waals surface area contributed by atoms with Crippen LogP contribution in [-0.2, 0) is 22.4 Å². The summed E-state index contributed by atoms with van der Waals surface area (Å²) in [5, 5.41) is 13.9. The molecule has 1 N–H and O–H groups in total. The Balaban J connectivity index is 1.99. The number of ether oxygens (including phenoxy) is 3. The number of nitrogens with one attached hydrogen (secondary N) is 1. The van der Waals surface area contributed by atoms with Gasteiger partial charge in [0, 0.05) is 36.0 Å². The van der Waals surface area contributed by atoms with Crippen molar-refractivity contribution in [3.8, 4) is 5.88 Å². The topological polar surface area (TPSA) is 133 Å². The first-order valence-corrected chi connectivity index (χ1v) is 13.5. The van der Waals surface area contributed by atoms with Gasteiger partial charge in [0.05, 0.1) is 42.0 Å². The van der Waals surface area contributed by atoms with Crippen molar-refractivity contribution >= 4 is 40.7 Å². The fourth-order valence-corrected chi connectivity index (χ4v) is 4.29. The number of hydrogen-bond acceptors (Lipinski definition) is 9. The summed E-state index contributed by atoms with van der Waals surface area (Å²) in [4.78, 5) is 41.8. The van der Waals surface area contributed by atoms with Crippen LogP contribution in [0.5, 0.6) is 5.88 Å². The first kappa shape index (κ1) is 33.9. The Labute approximate surface area is 256 Å². The number of carbonyl (C=O) groups excluding carboxylic acids is 2. The quantitative estimate of drug-likeness (QED) is 0.134. The number of hydrogen-bond donors (Lipinski definition) is 1. The number of rotatable bonds is 11. The maximum absolute atomic E-state index is 14.7. The smallest absolute Gasteiger partial charge is 0.410 e. The van der Waals surface area contributed by atoms with E-state index >= 15 is 0 Å². The third kappa shape index (κ3) is 8.49. The van der Waals surface area contributed by atoms with Gasteiger partial charge < -0.3 is 24.4 Å². The monoisotopic (exact) mass is 638 g/mol. The van der Waals surface area contributed by atoms with Crippen molar-refractivity contribution in [2.75, 3.05) is 26.1 Å². The molecule has 3 aromatic rings. The van der Waals surface area contributed by atoms with Crippen molar-refractivity contribution in [2.45, 2.75) is 45.8 Å². The number of aromatic nitrogens is 1. The second-order valence-corrected chi connectivity index (χ2v) is 10.8. The molecule has 11 nitrogen and oxygen atoms in total. The number of nitro groups is 1. The molecule has 0 saturated heterocycles. The van der Waals surface area contributed by atoms with E-state index in [2.05, 4.69) is 15.0 Å². The number of pyridine rings is 1. The van der Waals surface area contributed by atoms with Crippen LogP contribution < -0.4 is 10.1 Å². The Morgan fingerprint density at radius 2 is 1.73 bits per heavy atom. The Morgan fingerprint density at radius 1 is 1.05 bits per heavy atom. The highest BCUT2D eigenvalue weighted by Crippen LogP contribution is 2.33. The molecule has 0 aliphatic heterocycles. The second kappa shape index (κ2) is 14.3. The lowest BCUT2D eigenvalue weighted by molar-refractivity contribution is -0.386. The van der Waals surface area contributed by atoms with E-state index in [0.717, 1.165) is 19.2 Å². The minimum absolute atomic E-state index is 0.0172. The van der Waals surface area contributed by atoms with E-state index in [9.17, 15) is 32.9 Å². The Kier molecular flexibility index (Phi) is 11.0. The van der Waals surface area contributed by atoms with Crippen molar-refractivity contribution in [2.24, 2.45) is 0 Å². The standard InChI is InChI=1S/C29H30ClF3N4O7/c1-29(2,3)44-28(39)36(12-6-7-22-24(37(40)41)10-11-25(35-22)42-4)15-17-21(9-8-18(31)26(17)30)34-23-14-20(33)19(32)13-16(23)27(38)43-5/h8-11,13-14,34H,6-7,12,15H2,1-5H3. The molecule has 0 atom stereocenters. The van der Waals surface area contributed by atoms with Crippen molar-refractivity contribution in [3.05, 3.63) is 85.8 Å². The van der Waals surface area contributed by atoms with E-state index in [4.69, 9.17) is 21.1 Å². The molecule has 44 heavy (non-hydrogen) atoms. The molecule has 2 aromatic carbocycles. The Bertz CT molecular complexity index is 1570. The third-order valence-corrected chi connectivity index (χ3v) is 6.51. The van der Waals surface area contributed by atoms with E-state index in [1.54, 1.807) is 20.8 Å². The molecule has 0 saturated carbocycles. The minimum Gasteiger partial charge on any atom is -0.481 e. The lowest BCUT2D eigenvalue weighted by Crippen LogP contribution is -2.37. The number of amides is 1. The first-order chi connectivity index (χ1) is 20.6. The van der Waals surface area contributed by atoms with Crippen molar-refractivity contribution in [1.29, 1.82) is 0 Å². The lowest BCUT2D eigenvalue weighted by atomic mass is 10.1. The van der Waals surface area contributed by atoms with E-state index in [1.165, 1.54) is 30.2 Å². The molecule has 0 aliphatic carbocycles. The molecule has 0 spiro atoms. The zero-order valence-electron chi connectivity index (χ0n) is 24.5. The maximum atomic E-state index is 14.7. The zero-order chi connectivity index (χ0) is 32.8. The van der Waals surface area contributed by atoms with Crippen molar-refractivity contribution in [3.63, 3.8) is 0 Å². The van der Waals surface area contributed by atoms with Gasteiger partial charge in [0.2, 0.25) is 5.88 Å². The first-order valence-electron chi connectivity index (χ1n) is 13.1. The summed E-state index contributed by atoms with van der Waals surface area (Å²) in [6.45, 7) is 4.54. The number of anilines is 2. The average molecular weight is 639 g/mol. The van der Waals surface area contributed by atoms with Gasteiger partial charge in [0.15, 0.2) is 11.6 Å². The van der Waals surface area contributed by atoms with E-state index in [-0.39, 0.29) is 65.7 Å². The number of esters is 1. The highest BCUT2D eigenvalue weighted by molar-refractivity contribution is 6.32. The van der Waals surface area contributed by atoms with Gasteiger partial charge in [-0.2, -0.15) is 0 Å². The molecule has 1 amide bonds. The Hall–Kier alpha value is -4.59. The van der Waals surface area contributed by atoms with Crippen LogP contribution in [0.2, 0.25) is 5.02 Å². The van der Waals surface area contributed by atoms with Gasteiger partial charge in [0.25, 0.3) is 5.69 Å². The maximum Gasteiger partial charge on any atom is 0.410 e. The van der Waals surface area contributed by atoms with Crippen molar-refractivity contribution in [1.82, 2.24) is 9.88 Å². The second-order valence-electron chi connectivity index (χ2n) is 10.4. The van der Waals surface area contributed by atoms with Gasteiger partial charge in [0.1, 0.15) is 17.1 Å². The van der Waals surface area contributed by atoms with E-state index < -0.39 is 45.1 Å². The molecular weight excluding hydrogens is 609 g/mol.